The predicted molar refractivity (Wildman–Crippen MR) is 136 cm³/mol. The van der Waals surface area contributed by atoms with Crippen molar-refractivity contribution in [2.24, 2.45) is 5.41 Å². The molecule has 2 fully saturated rings. The molecular weight excluding hydrogens is 445 g/mol. The number of likely N-dealkylation sites (tertiary alicyclic amines) is 1. The van der Waals surface area contributed by atoms with E-state index in [9.17, 15) is 9.18 Å². The zero-order chi connectivity index (χ0) is 24.4. The van der Waals surface area contributed by atoms with Crippen molar-refractivity contribution in [3.05, 3.63) is 60.2 Å². The lowest BCUT2D eigenvalue weighted by molar-refractivity contribution is -0.111. The van der Waals surface area contributed by atoms with Crippen LogP contribution in [0.5, 0.6) is 5.75 Å². The molecule has 1 amide bonds. The van der Waals surface area contributed by atoms with Crippen LogP contribution in [0.4, 0.5) is 21.6 Å². The summed E-state index contributed by atoms with van der Waals surface area (Å²) in [5.74, 6) is 0.568. The number of carbonyl (C=O) groups excluding carboxylic acids is 1. The smallest absolute Gasteiger partial charge is 0.248 e. The van der Waals surface area contributed by atoms with E-state index in [1.807, 2.05) is 6.08 Å². The Morgan fingerprint density at radius 3 is 2.74 bits per heavy atom. The van der Waals surface area contributed by atoms with Gasteiger partial charge in [0.05, 0.1) is 18.3 Å². The van der Waals surface area contributed by atoms with Gasteiger partial charge in [0.25, 0.3) is 0 Å². The minimum atomic E-state index is -0.266. The Morgan fingerprint density at radius 1 is 1.20 bits per heavy atom. The summed E-state index contributed by atoms with van der Waals surface area (Å²) >= 11 is 0. The molecule has 0 bridgehead atoms. The Kier molecular flexibility index (Phi) is 6.38. The number of methoxy groups -OCH3 is 1. The third kappa shape index (κ3) is 4.98. The normalized spacial score (nSPS) is 17.1. The number of benzene rings is 2. The largest absolute Gasteiger partial charge is 0.494 e. The van der Waals surface area contributed by atoms with Gasteiger partial charge in [-0.15, -0.1) is 0 Å². The summed E-state index contributed by atoms with van der Waals surface area (Å²) in [6.07, 6.45) is 10.3. The highest BCUT2D eigenvalue weighted by Gasteiger charge is 2.43. The zero-order valence-corrected chi connectivity index (χ0v) is 20.1. The molecule has 1 spiro atoms. The molecule has 0 radical (unpaired) electrons. The first-order chi connectivity index (χ1) is 16.9. The minimum absolute atomic E-state index is 0.223. The third-order valence-electron chi connectivity index (χ3n) is 7.05. The van der Waals surface area contributed by atoms with Crippen molar-refractivity contribution in [3.63, 3.8) is 0 Å². The van der Waals surface area contributed by atoms with Gasteiger partial charge in [0.2, 0.25) is 5.91 Å². The summed E-state index contributed by atoms with van der Waals surface area (Å²) < 4.78 is 19.2. The monoisotopic (exact) mass is 475 g/mol. The number of rotatable bonds is 7. The van der Waals surface area contributed by atoms with E-state index < -0.39 is 0 Å². The number of aryl methyl sites for hydroxylation is 1. The average molecular weight is 476 g/mol. The summed E-state index contributed by atoms with van der Waals surface area (Å²) in [4.78, 5) is 23.7. The van der Waals surface area contributed by atoms with Crippen molar-refractivity contribution in [2.75, 3.05) is 37.4 Å². The number of ether oxygens (including phenoxy) is 1. The molecule has 1 aromatic heterocycles. The summed E-state index contributed by atoms with van der Waals surface area (Å²) in [6, 6.07) is 8.33. The van der Waals surface area contributed by atoms with Crippen LogP contribution in [0.3, 0.4) is 0 Å². The van der Waals surface area contributed by atoms with Crippen LogP contribution in [0.1, 0.15) is 31.2 Å². The van der Waals surface area contributed by atoms with Gasteiger partial charge >= 0.3 is 0 Å². The van der Waals surface area contributed by atoms with Crippen LogP contribution < -0.4 is 15.4 Å². The number of fused-ring (bicyclic) bond motifs is 1. The molecule has 2 heterocycles. The highest BCUT2D eigenvalue weighted by atomic mass is 19.1. The number of amides is 1. The molecule has 7 nitrogen and oxygen atoms in total. The van der Waals surface area contributed by atoms with Crippen LogP contribution in [0, 0.1) is 18.2 Å². The topological polar surface area (TPSA) is 79.4 Å². The molecule has 2 N–H and O–H groups in total. The number of nitrogens with one attached hydrogen (secondary N) is 2. The first kappa shape index (κ1) is 23.2. The van der Waals surface area contributed by atoms with Crippen LogP contribution in [0.25, 0.3) is 10.9 Å². The molecule has 0 atom stereocenters. The second-order valence-corrected chi connectivity index (χ2v) is 9.65. The Morgan fingerprint density at radius 2 is 2.00 bits per heavy atom. The molecule has 8 heteroatoms. The summed E-state index contributed by atoms with van der Waals surface area (Å²) in [5, 5.41) is 6.85. The molecule has 2 aliphatic rings. The molecule has 1 saturated carbocycles. The summed E-state index contributed by atoms with van der Waals surface area (Å²) in [6.45, 7) is 4.77. The van der Waals surface area contributed by atoms with Gasteiger partial charge in [-0.3, -0.25) is 9.69 Å². The third-order valence-corrected chi connectivity index (χ3v) is 7.05. The van der Waals surface area contributed by atoms with Gasteiger partial charge in [0, 0.05) is 42.9 Å². The minimum Gasteiger partial charge on any atom is -0.494 e. The predicted octanol–water partition coefficient (Wildman–Crippen LogP) is 5.20. The lowest BCUT2D eigenvalue weighted by Crippen LogP contribution is -2.54. The number of aromatic nitrogens is 2. The van der Waals surface area contributed by atoms with Crippen molar-refractivity contribution < 1.29 is 13.9 Å². The van der Waals surface area contributed by atoms with Crippen molar-refractivity contribution >= 4 is 34.0 Å². The second-order valence-electron chi connectivity index (χ2n) is 9.65. The van der Waals surface area contributed by atoms with E-state index >= 15 is 0 Å². The van der Waals surface area contributed by atoms with E-state index in [-0.39, 0.29) is 11.7 Å². The van der Waals surface area contributed by atoms with E-state index in [0.717, 1.165) is 19.6 Å². The van der Waals surface area contributed by atoms with Crippen molar-refractivity contribution in [1.29, 1.82) is 0 Å². The molecule has 1 aliphatic heterocycles. The maximum absolute atomic E-state index is 13.7. The molecule has 0 unspecified atom stereocenters. The molecule has 5 rings (SSSR count). The van der Waals surface area contributed by atoms with Crippen LogP contribution in [-0.4, -0.2) is 47.5 Å². The van der Waals surface area contributed by atoms with Gasteiger partial charge in [-0.1, -0.05) is 18.9 Å². The number of halogens is 1. The van der Waals surface area contributed by atoms with Gasteiger partial charge in [-0.2, -0.15) is 0 Å². The molecular formula is C27H30FN5O2. The van der Waals surface area contributed by atoms with Crippen molar-refractivity contribution in [2.45, 2.75) is 32.6 Å². The second kappa shape index (κ2) is 9.62. The SMILES string of the molecule is COc1cc2ncnc(Nc3ccc(F)c(C)c3)c2cc1NC(=O)/C=C/CN1CC2(CCCC2)C1. The number of carbonyl (C=O) groups is 1. The fraction of sp³-hybridized carbons (Fsp3) is 0.370. The Balaban J connectivity index is 1.30. The maximum Gasteiger partial charge on any atom is 0.248 e. The standard InChI is InChI=1S/C27H30FN5O2/c1-18-12-19(7-8-21(18)28)31-26-20-13-23(24(35-2)14-22(20)29-17-30-26)32-25(34)6-5-11-33-15-27(16-33)9-3-4-10-27/h5-8,12-14,17H,3-4,9-11,15-16H2,1-2H3,(H,32,34)(H,29,30,31)/b6-5+. The van der Waals surface area contributed by atoms with Gasteiger partial charge in [-0.05, 0) is 55.0 Å². The Labute approximate surface area is 204 Å². The van der Waals surface area contributed by atoms with Gasteiger partial charge in [-0.25, -0.2) is 14.4 Å². The lowest BCUT2D eigenvalue weighted by Gasteiger charge is -2.48. The Bertz CT molecular complexity index is 1280. The van der Waals surface area contributed by atoms with E-state index in [1.165, 1.54) is 38.1 Å². The lowest BCUT2D eigenvalue weighted by atomic mass is 9.78. The van der Waals surface area contributed by atoms with E-state index in [2.05, 4.69) is 25.5 Å². The quantitative estimate of drug-likeness (QED) is 0.457. The molecule has 35 heavy (non-hydrogen) atoms. The van der Waals surface area contributed by atoms with Gasteiger partial charge < -0.3 is 15.4 Å². The van der Waals surface area contributed by atoms with Crippen molar-refractivity contribution in [1.82, 2.24) is 14.9 Å². The number of hydrogen-bond donors (Lipinski definition) is 2. The molecule has 2 aromatic carbocycles. The van der Waals surface area contributed by atoms with Gasteiger partial charge in [0.1, 0.15) is 23.7 Å². The first-order valence-electron chi connectivity index (χ1n) is 12.0. The molecule has 1 aliphatic carbocycles. The fourth-order valence-corrected chi connectivity index (χ4v) is 5.27. The molecule has 182 valence electrons. The fourth-order valence-electron chi connectivity index (χ4n) is 5.27. The average Bonchev–Trinajstić information content (AvgIpc) is 3.31. The first-order valence-corrected chi connectivity index (χ1v) is 12.0. The van der Waals surface area contributed by atoms with Crippen molar-refractivity contribution in [3.8, 4) is 5.75 Å². The van der Waals surface area contributed by atoms with Crippen LogP contribution in [0.2, 0.25) is 0 Å². The van der Waals surface area contributed by atoms with E-state index in [0.29, 0.717) is 44.8 Å². The number of anilines is 3. The van der Waals surface area contributed by atoms with Crippen LogP contribution in [0.15, 0.2) is 48.8 Å². The highest BCUT2D eigenvalue weighted by molar-refractivity contribution is 6.03. The molecule has 3 aromatic rings. The number of hydrogen-bond acceptors (Lipinski definition) is 6. The Hall–Kier alpha value is -3.52. The maximum atomic E-state index is 13.7. The van der Waals surface area contributed by atoms with Crippen LogP contribution >= 0.6 is 0 Å². The van der Waals surface area contributed by atoms with E-state index in [4.69, 9.17) is 4.74 Å². The summed E-state index contributed by atoms with van der Waals surface area (Å²) in [7, 11) is 1.55. The van der Waals surface area contributed by atoms with Crippen LogP contribution in [-0.2, 0) is 4.79 Å². The highest BCUT2D eigenvalue weighted by Crippen LogP contribution is 2.45. The summed E-state index contributed by atoms with van der Waals surface area (Å²) in [5.41, 5.74) is 2.97. The number of nitrogens with zero attached hydrogens (tertiary/aromatic N) is 3. The van der Waals surface area contributed by atoms with E-state index in [1.54, 1.807) is 44.4 Å². The van der Waals surface area contributed by atoms with Gasteiger partial charge in [0.15, 0.2) is 0 Å². The molecule has 1 saturated heterocycles. The zero-order valence-electron chi connectivity index (χ0n) is 20.1.